The number of nitrogens with zero attached hydrogens (tertiary/aromatic N) is 4. The van der Waals surface area contributed by atoms with Gasteiger partial charge in [0.2, 0.25) is 0 Å². The van der Waals surface area contributed by atoms with Crippen LogP contribution >= 0.6 is 24.0 Å². The molecule has 3 heterocycles. The predicted molar refractivity (Wildman–Crippen MR) is 118 cm³/mol. The summed E-state index contributed by atoms with van der Waals surface area (Å²) in [5, 5.41) is 7.37. The molecule has 9 heteroatoms. The number of carbonyl (C=O) groups is 1. The topological polar surface area (TPSA) is 83.2 Å². The van der Waals surface area contributed by atoms with Crippen LogP contribution in [0.25, 0.3) is 0 Å². The van der Waals surface area contributed by atoms with Crippen molar-refractivity contribution < 1.29 is 14.1 Å². The number of aromatic nitrogens is 1. The molecule has 1 atom stereocenters. The highest BCUT2D eigenvalue weighted by molar-refractivity contribution is 14.0. The zero-order valence-corrected chi connectivity index (χ0v) is 19.4. The molecule has 2 fully saturated rings. The number of rotatable bonds is 5. The van der Waals surface area contributed by atoms with Crippen LogP contribution in [0.3, 0.4) is 0 Å². The summed E-state index contributed by atoms with van der Waals surface area (Å²) < 4.78 is 10.8. The van der Waals surface area contributed by atoms with Gasteiger partial charge in [0.05, 0.1) is 5.69 Å². The Bertz CT molecular complexity index is 645. The SMILES string of the molecule is CCNC(=NCCc1c(C)noc1C)N1CCN(C(=O)C2CCCO2)CC1.I. The van der Waals surface area contributed by atoms with Gasteiger partial charge in [-0.1, -0.05) is 5.16 Å². The van der Waals surface area contributed by atoms with Gasteiger partial charge >= 0.3 is 0 Å². The van der Waals surface area contributed by atoms with Gasteiger partial charge in [-0.05, 0) is 40.0 Å². The van der Waals surface area contributed by atoms with Crippen LogP contribution in [0.15, 0.2) is 9.52 Å². The Morgan fingerprint density at radius 2 is 1.96 bits per heavy atom. The van der Waals surface area contributed by atoms with Crippen molar-refractivity contribution >= 4 is 35.8 Å². The monoisotopic (exact) mass is 505 g/mol. The summed E-state index contributed by atoms with van der Waals surface area (Å²) in [7, 11) is 0. The van der Waals surface area contributed by atoms with Gasteiger partial charge in [0, 0.05) is 51.4 Å². The quantitative estimate of drug-likeness (QED) is 0.373. The van der Waals surface area contributed by atoms with Gasteiger partial charge in [-0.3, -0.25) is 9.79 Å². The van der Waals surface area contributed by atoms with Crippen molar-refractivity contribution in [1.82, 2.24) is 20.3 Å². The van der Waals surface area contributed by atoms with E-state index in [4.69, 9.17) is 14.3 Å². The molecule has 0 aliphatic carbocycles. The average molecular weight is 505 g/mol. The minimum Gasteiger partial charge on any atom is -0.368 e. The van der Waals surface area contributed by atoms with E-state index in [1.54, 1.807) is 0 Å². The first-order valence-electron chi connectivity index (χ1n) is 9.95. The number of amides is 1. The van der Waals surface area contributed by atoms with Crippen molar-refractivity contribution in [2.24, 2.45) is 4.99 Å². The van der Waals surface area contributed by atoms with Gasteiger partial charge in [0.15, 0.2) is 5.96 Å². The molecule has 1 aromatic heterocycles. The number of carbonyl (C=O) groups excluding carboxylic acids is 1. The van der Waals surface area contributed by atoms with Crippen LogP contribution in [0.2, 0.25) is 0 Å². The number of aliphatic imine (C=N–C) groups is 1. The minimum absolute atomic E-state index is 0. The fourth-order valence-corrected chi connectivity index (χ4v) is 3.67. The van der Waals surface area contributed by atoms with E-state index < -0.39 is 0 Å². The van der Waals surface area contributed by atoms with Crippen molar-refractivity contribution in [2.75, 3.05) is 45.9 Å². The molecule has 0 radical (unpaired) electrons. The second-order valence-electron chi connectivity index (χ2n) is 7.10. The summed E-state index contributed by atoms with van der Waals surface area (Å²) in [6.07, 6.45) is 2.42. The van der Waals surface area contributed by atoms with Crippen LogP contribution < -0.4 is 5.32 Å². The van der Waals surface area contributed by atoms with Crippen molar-refractivity contribution in [3.05, 3.63) is 17.0 Å². The Labute approximate surface area is 184 Å². The molecule has 2 aliphatic rings. The molecule has 1 unspecified atom stereocenters. The van der Waals surface area contributed by atoms with E-state index in [1.165, 1.54) is 0 Å². The fraction of sp³-hybridized carbons (Fsp3) is 0.737. The maximum Gasteiger partial charge on any atom is 0.251 e. The number of hydrogen-bond donors (Lipinski definition) is 1. The molecule has 158 valence electrons. The van der Waals surface area contributed by atoms with Gasteiger partial charge in [-0.15, -0.1) is 24.0 Å². The van der Waals surface area contributed by atoms with E-state index in [2.05, 4.69) is 22.3 Å². The van der Waals surface area contributed by atoms with Gasteiger partial charge < -0.3 is 24.4 Å². The van der Waals surface area contributed by atoms with Crippen LogP contribution in [0.1, 0.15) is 36.8 Å². The van der Waals surface area contributed by atoms with Crippen LogP contribution in [-0.2, 0) is 16.0 Å². The summed E-state index contributed by atoms with van der Waals surface area (Å²) in [5.74, 6) is 1.93. The van der Waals surface area contributed by atoms with Crippen LogP contribution in [0, 0.1) is 13.8 Å². The van der Waals surface area contributed by atoms with E-state index >= 15 is 0 Å². The highest BCUT2D eigenvalue weighted by Crippen LogP contribution is 2.16. The Balaban J connectivity index is 0.00000280. The van der Waals surface area contributed by atoms with Crippen molar-refractivity contribution in [3.8, 4) is 0 Å². The Morgan fingerprint density at radius 3 is 2.54 bits per heavy atom. The van der Waals surface area contributed by atoms with E-state index in [1.807, 2.05) is 18.7 Å². The van der Waals surface area contributed by atoms with Crippen molar-refractivity contribution in [2.45, 2.75) is 46.1 Å². The molecular weight excluding hydrogens is 473 g/mol. The first kappa shape index (κ1) is 22.9. The van der Waals surface area contributed by atoms with Gasteiger partial charge in [-0.25, -0.2) is 0 Å². The molecule has 2 saturated heterocycles. The third-order valence-corrected chi connectivity index (χ3v) is 5.24. The summed E-state index contributed by atoms with van der Waals surface area (Å²) in [5.41, 5.74) is 2.08. The van der Waals surface area contributed by atoms with E-state index in [9.17, 15) is 4.79 Å². The molecule has 3 rings (SSSR count). The standard InChI is InChI=1S/C19H31N5O3.HI/c1-4-20-19(21-8-7-16-14(2)22-27-15(16)3)24-11-9-23(10-12-24)18(25)17-6-5-13-26-17;/h17H,4-13H2,1-3H3,(H,20,21);1H. The van der Waals surface area contributed by atoms with Crippen molar-refractivity contribution in [3.63, 3.8) is 0 Å². The zero-order valence-electron chi connectivity index (χ0n) is 17.1. The number of piperazine rings is 1. The zero-order chi connectivity index (χ0) is 19.2. The summed E-state index contributed by atoms with van der Waals surface area (Å²) in [4.78, 5) is 21.4. The largest absolute Gasteiger partial charge is 0.368 e. The summed E-state index contributed by atoms with van der Waals surface area (Å²) in [6.45, 7) is 11.2. The molecule has 0 bridgehead atoms. The lowest BCUT2D eigenvalue weighted by Gasteiger charge is -2.37. The maximum absolute atomic E-state index is 12.5. The fourth-order valence-electron chi connectivity index (χ4n) is 3.67. The smallest absolute Gasteiger partial charge is 0.251 e. The molecule has 0 saturated carbocycles. The molecule has 1 N–H and O–H groups in total. The predicted octanol–water partition coefficient (Wildman–Crippen LogP) is 1.74. The van der Waals surface area contributed by atoms with Gasteiger partial charge in [0.1, 0.15) is 11.9 Å². The molecule has 28 heavy (non-hydrogen) atoms. The lowest BCUT2D eigenvalue weighted by molar-refractivity contribution is -0.142. The van der Waals surface area contributed by atoms with Crippen LogP contribution in [-0.4, -0.2) is 78.8 Å². The highest BCUT2D eigenvalue weighted by atomic mass is 127. The first-order chi connectivity index (χ1) is 13.1. The van der Waals surface area contributed by atoms with E-state index in [0.29, 0.717) is 26.2 Å². The number of hydrogen-bond acceptors (Lipinski definition) is 5. The van der Waals surface area contributed by atoms with Gasteiger partial charge in [-0.2, -0.15) is 0 Å². The molecule has 8 nitrogen and oxygen atoms in total. The molecule has 1 aromatic rings. The lowest BCUT2D eigenvalue weighted by Crippen LogP contribution is -2.55. The molecule has 0 aromatic carbocycles. The first-order valence-corrected chi connectivity index (χ1v) is 9.95. The summed E-state index contributed by atoms with van der Waals surface area (Å²) in [6, 6.07) is 0. The minimum atomic E-state index is -0.228. The molecule has 2 aliphatic heterocycles. The Hall–Kier alpha value is -1.36. The third kappa shape index (κ3) is 5.59. The van der Waals surface area contributed by atoms with Crippen molar-refractivity contribution in [1.29, 1.82) is 0 Å². The van der Waals surface area contributed by atoms with Crippen LogP contribution in [0.4, 0.5) is 0 Å². The number of aryl methyl sites for hydroxylation is 2. The Kier molecular flexibility index (Phi) is 9.00. The van der Waals surface area contributed by atoms with Crippen LogP contribution in [0.5, 0.6) is 0 Å². The normalized spacial score (nSPS) is 20.2. The Morgan fingerprint density at radius 1 is 1.25 bits per heavy atom. The maximum atomic E-state index is 12.5. The number of ether oxygens (including phenoxy) is 1. The summed E-state index contributed by atoms with van der Waals surface area (Å²) >= 11 is 0. The molecule has 0 spiro atoms. The van der Waals surface area contributed by atoms with E-state index in [-0.39, 0.29) is 36.0 Å². The second kappa shape index (κ2) is 11.0. The number of nitrogens with one attached hydrogen (secondary N) is 1. The molecule has 1 amide bonds. The van der Waals surface area contributed by atoms with E-state index in [0.717, 1.165) is 61.9 Å². The second-order valence-corrected chi connectivity index (χ2v) is 7.10. The average Bonchev–Trinajstić information content (AvgIpc) is 3.32. The molecular formula is C19H32IN5O3. The third-order valence-electron chi connectivity index (χ3n) is 5.24. The number of halogens is 1. The number of guanidine groups is 1. The highest BCUT2D eigenvalue weighted by Gasteiger charge is 2.30. The lowest BCUT2D eigenvalue weighted by atomic mass is 10.1. The van der Waals surface area contributed by atoms with Gasteiger partial charge in [0.25, 0.3) is 5.91 Å².